The number of halogens is 3. The first-order chi connectivity index (χ1) is 18.3. The number of aryl methyl sites for hydroxylation is 2. The predicted molar refractivity (Wildman–Crippen MR) is 144 cm³/mol. The molecule has 2 aliphatic rings. The summed E-state index contributed by atoms with van der Waals surface area (Å²) in [6.45, 7) is 4.03. The number of likely N-dealkylation sites (tertiary alicyclic amines) is 1. The minimum absolute atomic E-state index is 0.229. The van der Waals surface area contributed by atoms with Crippen molar-refractivity contribution in [3.05, 3.63) is 105 Å². The molecule has 5 rings (SSSR count). The van der Waals surface area contributed by atoms with Crippen molar-refractivity contribution in [2.45, 2.75) is 39.0 Å². The van der Waals surface area contributed by atoms with Crippen LogP contribution in [0.5, 0.6) is 0 Å². The molecule has 3 aromatic rings. The monoisotopic (exact) mass is 519 g/mol. The van der Waals surface area contributed by atoms with Crippen molar-refractivity contribution in [2.75, 3.05) is 26.3 Å². The van der Waals surface area contributed by atoms with Crippen LogP contribution in [-0.4, -0.2) is 42.3 Å². The van der Waals surface area contributed by atoms with Crippen molar-refractivity contribution < 1.29 is 23.1 Å². The van der Waals surface area contributed by atoms with E-state index in [-0.39, 0.29) is 23.9 Å². The van der Waals surface area contributed by atoms with Gasteiger partial charge in [-0.15, -0.1) is 0 Å². The lowest BCUT2D eigenvalue weighted by Gasteiger charge is -2.39. The normalized spacial score (nSPS) is 16.2. The lowest BCUT2D eigenvalue weighted by Crippen LogP contribution is -2.48. The van der Waals surface area contributed by atoms with Crippen LogP contribution in [0.25, 0.3) is 11.1 Å². The number of benzene rings is 3. The van der Waals surface area contributed by atoms with Crippen molar-refractivity contribution in [1.29, 1.82) is 0 Å². The first kappa shape index (κ1) is 26.2. The van der Waals surface area contributed by atoms with Crippen molar-refractivity contribution in [3.63, 3.8) is 0 Å². The molecule has 0 atom stereocenters. The number of nitrogens with zero attached hydrogens (tertiary/aromatic N) is 1. The number of allylic oxidation sites excluding steroid dienone is 1. The molecule has 1 heterocycles. The molecule has 0 saturated carbocycles. The molecule has 0 unspecified atom stereocenters. The highest BCUT2D eigenvalue weighted by molar-refractivity contribution is 6.01. The van der Waals surface area contributed by atoms with Gasteiger partial charge in [-0.05, 0) is 120 Å². The van der Waals surface area contributed by atoms with Gasteiger partial charge in [0.15, 0.2) is 0 Å². The number of aromatic carboxylic acids is 1. The van der Waals surface area contributed by atoms with Gasteiger partial charge in [-0.25, -0.2) is 13.6 Å². The fraction of sp³-hybridized carbons (Fsp3) is 0.344. The molecule has 0 spiro atoms. The van der Waals surface area contributed by atoms with Crippen LogP contribution in [0.4, 0.5) is 13.2 Å². The third kappa shape index (κ3) is 5.41. The zero-order chi connectivity index (χ0) is 26.8. The lowest BCUT2D eigenvalue weighted by molar-refractivity contribution is 0.0696. The summed E-state index contributed by atoms with van der Waals surface area (Å²) in [6, 6.07) is 15.3. The Labute approximate surface area is 221 Å². The van der Waals surface area contributed by atoms with Crippen molar-refractivity contribution in [1.82, 2.24) is 4.90 Å². The largest absolute Gasteiger partial charge is 0.478 e. The van der Waals surface area contributed by atoms with E-state index in [0.29, 0.717) is 37.2 Å². The molecule has 1 fully saturated rings. The van der Waals surface area contributed by atoms with Gasteiger partial charge in [0.2, 0.25) is 0 Å². The molecular weight excluding hydrogens is 487 g/mol. The SMILES string of the molecule is Cc1cc(F)ccc1C1=C(c2ccc(CC3CN(CCCF)C3)c(F)c2)c2ccc(C(=O)O)cc2CCC1. The van der Waals surface area contributed by atoms with E-state index in [0.717, 1.165) is 65.0 Å². The van der Waals surface area contributed by atoms with Crippen LogP contribution in [0.3, 0.4) is 0 Å². The Kier molecular flexibility index (Phi) is 7.70. The maximum absolute atomic E-state index is 15.5. The van der Waals surface area contributed by atoms with Gasteiger partial charge in [0.25, 0.3) is 0 Å². The summed E-state index contributed by atoms with van der Waals surface area (Å²) in [4.78, 5) is 13.8. The molecule has 3 nitrogen and oxygen atoms in total. The van der Waals surface area contributed by atoms with Gasteiger partial charge in [-0.2, -0.15) is 0 Å². The van der Waals surface area contributed by atoms with Crippen LogP contribution in [0.1, 0.15) is 63.0 Å². The lowest BCUT2D eigenvalue weighted by atomic mass is 9.85. The summed E-state index contributed by atoms with van der Waals surface area (Å²) < 4.78 is 41.9. The van der Waals surface area contributed by atoms with Crippen molar-refractivity contribution >= 4 is 17.1 Å². The Morgan fingerprint density at radius 1 is 1.00 bits per heavy atom. The molecule has 198 valence electrons. The number of fused-ring (bicyclic) bond motifs is 1. The van der Waals surface area contributed by atoms with Crippen LogP contribution in [0.15, 0.2) is 54.6 Å². The predicted octanol–water partition coefficient (Wildman–Crippen LogP) is 7.10. The van der Waals surface area contributed by atoms with Gasteiger partial charge >= 0.3 is 5.97 Å². The molecule has 0 aromatic heterocycles. The smallest absolute Gasteiger partial charge is 0.335 e. The second kappa shape index (κ2) is 11.2. The van der Waals surface area contributed by atoms with Crippen LogP contribution in [0, 0.1) is 24.5 Å². The second-order valence-corrected chi connectivity index (χ2v) is 10.5. The molecule has 1 saturated heterocycles. The van der Waals surface area contributed by atoms with Crippen molar-refractivity contribution in [3.8, 4) is 0 Å². The maximum Gasteiger partial charge on any atom is 0.335 e. The average Bonchev–Trinajstić information content (AvgIpc) is 3.05. The summed E-state index contributed by atoms with van der Waals surface area (Å²) in [6.07, 6.45) is 3.38. The van der Waals surface area contributed by atoms with E-state index in [1.54, 1.807) is 24.3 Å². The van der Waals surface area contributed by atoms with Crippen LogP contribution in [0.2, 0.25) is 0 Å². The van der Waals surface area contributed by atoms with E-state index in [9.17, 15) is 18.7 Å². The summed E-state index contributed by atoms with van der Waals surface area (Å²) >= 11 is 0. The van der Waals surface area contributed by atoms with Gasteiger partial charge in [-0.1, -0.05) is 24.3 Å². The standard InChI is InChI=1S/C32H32F3NO2/c1-20-14-26(34)9-11-27(20)29-5-2-4-22-16-25(32(37)38)8-10-28(22)31(29)24-7-6-23(30(35)17-24)15-21-18-36(19-21)13-3-12-33/h6-11,14,16-17,21H,2-5,12-13,15,18-19H2,1H3,(H,37,38). The highest BCUT2D eigenvalue weighted by Gasteiger charge is 2.28. The van der Waals surface area contributed by atoms with Crippen LogP contribution < -0.4 is 0 Å². The Morgan fingerprint density at radius 2 is 1.79 bits per heavy atom. The molecule has 3 aromatic carbocycles. The molecular formula is C32H32F3NO2. The number of alkyl halides is 1. The van der Waals surface area contributed by atoms with E-state index in [1.165, 1.54) is 12.1 Å². The topological polar surface area (TPSA) is 40.5 Å². The van der Waals surface area contributed by atoms with Crippen LogP contribution >= 0.6 is 0 Å². The summed E-state index contributed by atoms with van der Waals surface area (Å²) in [5.74, 6) is -1.19. The van der Waals surface area contributed by atoms with E-state index in [4.69, 9.17) is 0 Å². The van der Waals surface area contributed by atoms with E-state index in [1.807, 2.05) is 25.1 Å². The molecule has 1 aliphatic carbocycles. The number of hydrogen-bond donors (Lipinski definition) is 1. The number of carboxylic acid groups (broad SMARTS) is 1. The summed E-state index contributed by atoms with van der Waals surface area (Å²) in [5, 5.41) is 9.54. The quantitative estimate of drug-likeness (QED) is 0.345. The minimum Gasteiger partial charge on any atom is -0.478 e. The molecule has 0 radical (unpaired) electrons. The first-order valence-electron chi connectivity index (χ1n) is 13.3. The van der Waals surface area contributed by atoms with Gasteiger partial charge in [0.1, 0.15) is 11.6 Å². The van der Waals surface area contributed by atoms with Gasteiger partial charge in [0, 0.05) is 19.6 Å². The van der Waals surface area contributed by atoms with E-state index in [2.05, 4.69) is 4.90 Å². The highest BCUT2D eigenvalue weighted by atomic mass is 19.1. The number of carbonyl (C=O) groups is 1. The first-order valence-corrected chi connectivity index (χ1v) is 13.3. The third-order valence-corrected chi connectivity index (χ3v) is 7.80. The van der Waals surface area contributed by atoms with Gasteiger partial charge in [0.05, 0.1) is 12.2 Å². The van der Waals surface area contributed by atoms with Gasteiger partial charge < -0.3 is 10.0 Å². The molecule has 6 heteroatoms. The Hall–Kier alpha value is -3.38. The number of carboxylic acids is 1. The molecule has 38 heavy (non-hydrogen) atoms. The second-order valence-electron chi connectivity index (χ2n) is 10.5. The fourth-order valence-electron chi connectivity index (χ4n) is 5.94. The van der Waals surface area contributed by atoms with Crippen LogP contribution in [-0.2, 0) is 12.8 Å². The zero-order valence-corrected chi connectivity index (χ0v) is 21.6. The maximum atomic E-state index is 15.5. The highest BCUT2D eigenvalue weighted by Crippen LogP contribution is 2.41. The molecule has 1 aliphatic heterocycles. The fourth-order valence-corrected chi connectivity index (χ4v) is 5.94. The number of rotatable bonds is 8. The Balaban J connectivity index is 1.55. The molecule has 1 N–H and O–H groups in total. The van der Waals surface area contributed by atoms with Crippen molar-refractivity contribution in [2.24, 2.45) is 5.92 Å². The molecule has 0 amide bonds. The molecule has 0 bridgehead atoms. The zero-order valence-electron chi connectivity index (χ0n) is 21.6. The third-order valence-electron chi connectivity index (χ3n) is 7.80. The average molecular weight is 520 g/mol. The summed E-state index contributed by atoms with van der Waals surface area (Å²) in [7, 11) is 0. The minimum atomic E-state index is -0.980. The van der Waals surface area contributed by atoms with Gasteiger partial charge in [-0.3, -0.25) is 4.39 Å². The van der Waals surface area contributed by atoms with E-state index < -0.39 is 5.97 Å². The summed E-state index contributed by atoms with van der Waals surface area (Å²) in [5.41, 5.74) is 7.05. The Bertz CT molecular complexity index is 1390. The number of hydrogen-bond acceptors (Lipinski definition) is 2. The van der Waals surface area contributed by atoms with E-state index >= 15 is 4.39 Å². The Morgan fingerprint density at radius 3 is 2.50 bits per heavy atom.